The van der Waals surface area contributed by atoms with Gasteiger partial charge in [0, 0.05) is 12.2 Å². The topological polar surface area (TPSA) is 51.8 Å². The van der Waals surface area contributed by atoms with Gasteiger partial charge in [-0.15, -0.1) is 0 Å². The lowest BCUT2D eigenvalue weighted by Gasteiger charge is -1.94. The van der Waals surface area contributed by atoms with Crippen molar-refractivity contribution in [2.45, 2.75) is 13.8 Å². The molecular formula is C18H15NO3. The molecule has 1 aromatic heterocycles. The van der Waals surface area contributed by atoms with Crippen molar-refractivity contribution in [2.75, 3.05) is 0 Å². The average molecular weight is 293 g/mol. The maximum Gasteiger partial charge on any atom is 0.363 e. The normalized spacial score (nSPS) is 16.4. The van der Waals surface area contributed by atoms with Gasteiger partial charge in [0.2, 0.25) is 5.90 Å². The van der Waals surface area contributed by atoms with Gasteiger partial charge in [-0.3, -0.25) is 0 Å². The fourth-order valence-corrected chi connectivity index (χ4v) is 2.01. The third-order valence-corrected chi connectivity index (χ3v) is 3.17. The van der Waals surface area contributed by atoms with Crippen LogP contribution in [-0.4, -0.2) is 11.9 Å². The molecule has 0 N–H and O–H groups in total. The first-order valence-electron chi connectivity index (χ1n) is 6.94. The Morgan fingerprint density at radius 3 is 2.45 bits per heavy atom. The van der Waals surface area contributed by atoms with Crippen molar-refractivity contribution in [3.63, 3.8) is 0 Å². The highest BCUT2D eigenvalue weighted by atomic mass is 16.6. The van der Waals surface area contributed by atoms with Gasteiger partial charge in [-0.2, -0.15) is 0 Å². The van der Waals surface area contributed by atoms with Crippen LogP contribution in [0, 0.1) is 13.8 Å². The maximum absolute atomic E-state index is 11.8. The van der Waals surface area contributed by atoms with Gasteiger partial charge in [0.05, 0.1) is 0 Å². The quantitative estimate of drug-likeness (QED) is 0.637. The zero-order valence-corrected chi connectivity index (χ0v) is 12.4. The van der Waals surface area contributed by atoms with Crippen LogP contribution in [-0.2, 0) is 9.53 Å². The molecule has 3 rings (SSSR count). The molecular weight excluding hydrogens is 278 g/mol. The summed E-state index contributed by atoms with van der Waals surface area (Å²) < 4.78 is 10.5. The molecule has 0 radical (unpaired) electrons. The second-order valence-electron chi connectivity index (χ2n) is 5.06. The van der Waals surface area contributed by atoms with Crippen LogP contribution in [0.2, 0.25) is 0 Å². The Kier molecular flexibility index (Phi) is 3.74. The molecule has 0 amide bonds. The smallest absolute Gasteiger partial charge is 0.363 e. The van der Waals surface area contributed by atoms with Gasteiger partial charge >= 0.3 is 5.97 Å². The summed E-state index contributed by atoms with van der Waals surface area (Å²) in [4.78, 5) is 15.9. The van der Waals surface area contributed by atoms with Crippen LogP contribution < -0.4 is 0 Å². The van der Waals surface area contributed by atoms with E-state index in [0.29, 0.717) is 5.76 Å². The molecule has 2 aromatic rings. The van der Waals surface area contributed by atoms with Crippen molar-refractivity contribution >= 4 is 24.0 Å². The predicted molar refractivity (Wildman–Crippen MR) is 85.2 cm³/mol. The standard InChI is InChI=1S/C18H15NO3/c1-12-3-6-14(7-4-12)8-10-17-19-16(18(20)22-17)11-15-9-5-13(2)21-15/h3-11H,1-2H3. The second kappa shape index (κ2) is 5.85. The Hall–Kier alpha value is -2.88. The lowest BCUT2D eigenvalue weighted by atomic mass is 10.1. The summed E-state index contributed by atoms with van der Waals surface area (Å²) in [6.45, 7) is 3.87. The van der Waals surface area contributed by atoms with E-state index in [1.807, 2.05) is 50.3 Å². The number of nitrogens with zero attached hydrogens (tertiary/aromatic N) is 1. The Balaban J connectivity index is 1.78. The fourth-order valence-electron chi connectivity index (χ4n) is 2.01. The Bertz CT molecular complexity index is 792. The number of cyclic esters (lactones) is 1. The second-order valence-corrected chi connectivity index (χ2v) is 5.06. The Morgan fingerprint density at radius 1 is 1.00 bits per heavy atom. The number of benzene rings is 1. The van der Waals surface area contributed by atoms with Crippen molar-refractivity contribution in [3.8, 4) is 0 Å². The van der Waals surface area contributed by atoms with E-state index in [-0.39, 0.29) is 11.6 Å². The molecule has 1 aromatic carbocycles. The first kappa shape index (κ1) is 14.1. The van der Waals surface area contributed by atoms with E-state index in [9.17, 15) is 4.79 Å². The van der Waals surface area contributed by atoms with Crippen LogP contribution in [0.5, 0.6) is 0 Å². The highest BCUT2D eigenvalue weighted by Gasteiger charge is 2.21. The number of aliphatic imine (C=N–C) groups is 1. The zero-order valence-electron chi connectivity index (χ0n) is 12.4. The lowest BCUT2D eigenvalue weighted by Crippen LogP contribution is -2.01. The largest absolute Gasteiger partial charge is 0.462 e. The van der Waals surface area contributed by atoms with Crippen molar-refractivity contribution in [1.82, 2.24) is 0 Å². The number of furan rings is 1. The number of rotatable bonds is 3. The summed E-state index contributed by atoms with van der Waals surface area (Å²) in [6.07, 6.45) is 5.10. The minimum atomic E-state index is -0.474. The van der Waals surface area contributed by atoms with E-state index in [0.717, 1.165) is 11.3 Å². The van der Waals surface area contributed by atoms with E-state index in [1.54, 1.807) is 18.2 Å². The number of hydrogen-bond donors (Lipinski definition) is 0. The molecule has 1 aliphatic rings. The Morgan fingerprint density at radius 2 is 1.77 bits per heavy atom. The van der Waals surface area contributed by atoms with Gasteiger partial charge in [0.25, 0.3) is 0 Å². The Labute approximate surface area is 128 Å². The molecule has 0 spiro atoms. The van der Waals surface area contributed by atoms with E-state index in [2.05, 4.69) is 4.99 Å². The number of aryl methyl sites for hydroxylation is 2. The number of hydrogen-bond acceptors (Lipinski definition) is 4. The van der Waals surface area contributed by atoms with Gasteiger partial charge in [0.15, 0.2) is 5.70 Å². The summed E-state index contributed by atoms with van der Waals surface area (Å²) in [5.41, 5.74) is 2.45. The summed E-state index contributed by atoms with van der Waals surface area (Å²) in [6, 6.07) is 11.6. The lowest BCUT2D eigenvalue weighted by molar-refractivity contribution is -0.129. The minimum Gasteiger partial charge on any atom is -0.462 e. The van der Waals surface area contributed by atoms with Crippen molar-refractivity contribution < 1.29 is 13.9 Å². The van der Waals surface area contributed by atoms with Gasteiger partial charge in [-0.05, 0) is 37.6 Å². The minimum absolute atomic E-state index is 0.234. The van der Waals surface area contributed by atoms with Crippen LogP contribution in [0.1, 0.15) is 22.6 Å². The SMILES string of the molecule is Cc1ccc(C=CC2=NC(=Cc3ccc(C)o3)C(=O)O2)cc1. The summed E-state index contributed by atoms with van der Waals surface area (Å²) >= 11 is 0. The van der Waals surface area contributed by atoms with Gasteiger partial charge < -0.3 is 9.15 Å². The van der Waals surface area contributed by atoms with Crippen molar-refractivity contribution in [1.29, 1.82) is 0 Å². The van der Waals surface area contributed by atoms with Crippen LogP contribution in [0.25, 0.3) is 12.2 Å². The fraction of sp³-hybridized carbons (Fsp3) is 0.111. The molecule has 0 bridgehead atoms. The molecule has 1 aliphatic heterocycles. The van der Waals surface area contributed by atoms with E-state index >= 15 is 0 Å². The number of esters is 1. The highest BCUT2D eigenvalue weighted by molar-refractivity contribution is 6.11. The molecule has 0 unspecified atom stereocenters. The molecule has 4 heteroatoms. The molecule has 0 saturated carbocycles. The molecule has 0 aliphatic carbocycles. The van der Waals surface area contributed by atoms with Gasteiger partial charge in [-0.25, -0.2) is 9.79 Å². The molecule has 0 saturated heterocycles. The molecule has 0 atom stereocenters. The molecule has 4 nitrogen and oxygen atoms in total. The van der Waals surface area contributed by atoms with Gasteiger partial charge in [-0.1, -0.05) is 29.8 Å². The van der Waals surface area contributed by atoms with Crippen molar-refractivity contribution in [2.24, 2.45) is 4.99 Å². The third-order valence-electron chi connectivity index (χ3n) is 3.17. The number of ether oxygens (including phenoxy) is 1. The molecule has 110 valence electrons. The van der Waals surface area contributed by atoms with E-state index in [1.165, 1.54) is 5.56 Å². The molecule has 22 heavy (non-hydrogen) atoms. The maximum atomic E-state index is 11.8. The number of carbonyl (C=O) groups is 1. The first-order valence-corrected chi connectivity index (χ1v) is 6.94. The zero-order chi connectivity index (χ0) is 15.5. The summed E-state index contributed by atoms with van der Waals surface area (Å²) in [5.74, 6) is 1.16. The van der Waals surface area contributed by atoms with E-state index < -0.39 is 5.97 Å². The number of carbonyl (C=O) groups excluding carboxylic acids is 1. The monoisotopic (exact) mass is 293 g/mol. The first-order chi connectivity index (χ1) is 10.6. The average Bonchev–Trinajstić information content (AvgIpc) is 3.05. The van der Waals surface area contributed by atoms with E-state index in [4.69, 9.17) is 9.15 Å². The molecule has 2 heterocycles. The van der Waals surface area contributed by atoms with Crippen LogP contribution in [0.15, 0.2) is 57.6 Å². The predicted octanol–water partition coefficient (Wildman–Crippen LogP) is 3.91. The van der Waals surface area contributed by atoms with Gasteiger partial charge in [0.1, 0.15) is 11.5 Å². The van der Waals surface area contributed by atoms with Crippen LogP contribution >= 0.6 is 0 Å². The van der Waals surface area contributed by atoms with Crippen LogP contribution in [0.3, 0.4) is 0 Å². The third kappa shape index (κ3) is 3.23. The summed E-state index contributed by atoms with van der Waals surface area (Å²) in [7, 11) is 0. The molecule has 0 fully saturated rings. The summed E-state index contributed by atoms with van der Waals surface area (Å²) in [5, 5.41) is 0. The van der Waals surface area contributed by atoms with Crippen LogP contribution in [0.4, 0.5) is 0 Å². The highest BCUT2D eigenvalue weighted by Crippen LogP contribution is 2.18. The van der Waals surface area contributed by atoms with Crippen molar-refractivity contribution in [3.05, 3.63) is 70.8 Å².